The number of amides is 3. The van der Waals surface area contributed by atoms with Crippen LogP contribution in [0, 0.1) is 11.8 Å². The lowest BCUT2D eigenvalue weighted by Gasteiger charge is -2.32. The average molecular weight is 688 g/mol. The maximum Gasteiger partial charge on any atom is 0.408 e. The highest BCUT2D eigenvalue weighted by atomic mass is 16.6. The Morgan fingerprint density at radius 3 is 2.41 bits per heavy atom. The highest BCUT2D eigenvalue weighted by Crippen LogP contribution is 2.45. The lowest BCUT2D eigenvalue weighted by Crippen LogP contribution is -2.56. The van der Waals surface area contributed by atoms with Gasteiger partial charge in [0.15, 0.2) is 0 Å². The van der Waals surface area contributed by atoms with E-state index >= 15 is 0 Å². The van der Waals surface area contributed by atoms with E-state index < -0.39 is 41.2 Å². The summed E-state index contributed by atoms with van der Waals surface area (Å²) in [5.74, 6) is -1.64. The van der Waals surface area contributed by atoms with Crippen LogP contribution in [0.4, 0.5) is 4.79 Å². The summed E-state index contributed by atoms with van der Waals surface area (Å²) in [6, 6.07) is -1.63. The fourth-order valence-electron chi connectivity index (χ4n) is 8.31. The van der Waals surface area contributed by atoms with Gasteiger partial charge in [-0.2, -0.15) is 5.12 Å². The number of carboxylic acid groups (broad SMARTS) is 1. The molecule has 0 aromatic carbocycles. The summed E-state index contributed by atoms with van der Waals surface area (Å²) in [4.78, 5) is 58.1. The number of aliphatic carboxylic acids is 1. The Morgan fingerprint density at radius 1 is 1.04 bits per heavy atom. The number of hydrazine groups is 2. The third kappa shape index (κ3) is 9.14. The number of allylic oxidation sites excluding steroid dienone is 1. The van der Waals surface area contributed by atoms with E-state index in [-0.39, 0.29) is 36.5 Å². The zero-order valence-corrected chi connectivity index (χ0v) is 30.3. The van der Waals surface area contributed by atoms with Crippen molar-refractivity contribution in [2.45, 2.75) is 153 Å². The molecule has 0 bridgehead atoms. The van der Waals surface area contributed by atoms with E-state index in [2.05, 4.69) is 40.2 Å². The van der Waals surface area contributed by atoms with Gasteiger partial charge in [0.1, 0.15) is 23.2 Å². The SMILES string of the molecule is CCN(CC)CC1NN([C@H]2C[C@H]3C(=O)N[C@@]4(C(=O)O)C[C@H]4/C=C\CCCCC[C@@H](NC(=O)OC(C)(C)C)C(=O)N3C2)NC1C1CCCCC1. The van der Waals surface area contributed by atoms with Crippen molar-refractivity contribution >= 4 is 23.9 Å². The highest BCUT2D eigenvalue weighted by molar-refractivity contribution is 5.96. The zero-order valence-electron chi connectivity index (χ0n) is 30.3. The highest BCUT2D eigenvalue weighted by Gasteiger charge is 2.61. The molecule has 2 aliphatic carbocycles. The molecule has 0 aromatic heterocycles. The largest absolute Gasteiger partial charge is 0.479 e. The van der Waals surface area contributed by atoms with Gasteiger partial charge in [-0.25, -0.2) is 20.4 Å². The van der Waals surface area contributed by atoms with Gasteiger partial charge in [0.2, 0.25) is 11.8 Å². The van der Waals surface area contributed by atoms with Crippen LogP contribution in [0.5, 0.6) is 0 Å². The summed E-state index contributed by atoms with van der Waals surface area (Å²) in [6.45, 7) is 12.7. The van der Waals surface area contributed by atoms with Crippen LogP contribution in [-0.4, -0.2) is 111 Å². The fourth-order valence-corrected chi connectivity index (χ4v) is 8.31. The van der Waals surface area contributed by atoms with Crippen LogP contribution in [-0.2, 0) is 19.1 Å². The lowest BCUT2D eigenvalue weighted by molar-refractivity contribution is -0.145. The van der Waals surface area contributed by atoms with Gasteiger partial charge < -0.3 is 30.3 Å². The van der Waals surface area contributed by atoms with Gasteiger partial charge in [0.05, 0.1) is 12.1 Å². The molecule has 2 unspecified atom stereocenters. The van der Waals surface area contributed by atoms with Gasteiger partial charge in [-0.05, 0) is 84.7 Å². The minimum Gasteiger partial charge on any atom is -0.479 e. The summed E-state index contributed by atoms with van der Waals surface area (Å²) >= 11 is 0. The second-order valence-corrected chi connectivity index (χ2v) is 15.9. The molecule has 4 fully saturated rings. The first-order valence-electron chi connectivity index (χ1n) is 18.9. The first kappa shape index (κ1) is 37.5. The average Bonchev–Trinajstić information content (AvgIpc) is 3.36. The maximum atomic E-state index is 14.5. The lowest BCUT2D eigenvalue weighted by atomic mass is 9.81. The van der Waals surface area contributed by atoms with Crippen molar-refractivity contribution in [3.63, 3.8) is 0 Å². The van der Waals surface area contributed by atoms with Crippen molar-refractivity contribution in [1.29, 1.82) is 0 Å². The van der Waals surface area contributed by atoms with Crippen molar-refractivity contribution in [3.8, 4) is 0 Å². The molecule has 5 rings (SSSR count). The van der Waals surface area contributed by atoms with Crippen LogP contribution in [0.3, 0.4) is 0 Å². The molecule has 5 N–H and O–H groups in total. The molecule has 7 atom stereocenters. The van der Waals surface area contributed by atoms with E-state index in [1.807, 2.05) is 17.3 Å². The molecule has 0 aromatic rings. The van der Waals surface area contributed by atoms with E-state index in [1.165, 1.54) is 32.1 Å². The first-order chi connectivity index (χ1) is 23.3. The van der Waals surface area contributed by atoms with Gasteiger partial charge in [0.25, 0.3) is 0 Å². The molecule has 3 amide bonds. The predicted molar refractivity (Wildman–Crippen MR) is 186 cm³/mol. The van der Waals surface area contributed by atoms with Gasteiger partial charge in [-0.1, -0.05) is 58.1 Å². The first-order valence-corrected chi connectivity index (χ1v) is 18.9. The molecular formula is C36H61N7O6. The summed E-state index contributed by atoms with van der Waals surface area (Å²) in [5.41, 5.74) is 5.42. The van der Waals surface area contributed by atoms with Crippen molar-refractivity contribution in [1.82, 2.24) is 36.4 Å². The second kappa shape index (κ2) is 16.1. The van der Waals surface area contributed by atoms with Crippen LogP contribution in [0.15, 0.2) is 12.2 Å². The van der Waals surface area contributed by atoms with Crippen LogP contribution in [0.25, 0.3) is 0 Å². The number of carboxylic acids is 1. The number of carbonyl (C=O) groups excluding carboxylic acids is 3. The maximum absolute atomic E-state index is 14.5. The van der Waals surface area contributed by atoms with Crippen LogP contribution in [0.1, 0.15) is 112 Å². The normalized spacial score (nSPS) is 34.4. The van der Waals surface area contributed by atoms with Crippen molar-refractivity contribution in [2.24, 2.45) is 11.8 Å². The number of carbonyl (C=O) groups is 4. The minimum absolute atomic E-state index is 0.168. The minimum atomic E-state index is -1.38. The molecule has 49 heavy (non-hydrogen) atoms. The van der Waals surface area contributed by atoms with Crippen molar-refractivity contribution in [3.05, 3.63) is 12.2 Å². The zero-order chi connectivity index (χ0) is 35.3. The third-order valence-electron chi connectivity index (χ3n) is 11.2. The molecule has 13 nitrogen and oxygen atoms in total. The number of alkyl carbamates (subject to hydrolysis) is 1. The van der Waals surface area contributed by atoms with Crippen molar-refractivity contribution in [2.75, 3.05) is 26.2 Å². The summed E-state index contributed by atoms with van der Waals surface area (Å²) in [5, 5.41) is 18.0. The molecule has 5 aliphatic rings. The monoisotopic (exact) mass is 687 g/mol. The number of hydrogen-bond donors (Lipinski definition) is 5. The Hall–Kier alpha value is -2.74. The summed E-state index contributed by atoms with van der Waals surface area (Å²) in [6.07, 6.45) is 13.6. The smallest absolute Gasteiger partial charge is 0.408 e. The Balaban J connectivity index is 1.41. The molecule has 13 heteroatoms. The number of hydrogen-bond acceptors (Lipinski definition) is 9. The number of likely N-dealkylation sites (N-methyl/N-ethyl adjacent to an activating group) is 1. The van der Waals surface area contributed by atoms with E-state index in [4.69, 9.17) is 4.74 Å². The van der Waals surface area contributed by atoms with Crippen molar-refractivity contribution < 1.29 is 29.0 Å². The second-order valence-electron chi connectivity index (χ2n) is 15.9. The van der Waals surface area contributed by atoms with Crippen LogP contribution >= 0.6 is 0 Å². The molecular weight excluding hydrogens is 626 g/mol. The quantitative estimate of drug-likeness (QED) is 0.240. The van der Waals surface area contributed by atoms with Gasteiger partial charge in [-0.3, -0.25) is 9.59 Å². The predicted octanol–water partition coefficient (Wildman–Crippen LogP) is 3.31. The van der Waals surface area contributed by atoms with Gasteiger partial charge in [-0.15, -0.1) is 0 Å². The Bertz CT molecular complexity index is 1210. The fraction of sp³-hybridized carbons (Fsp3) is 0.833. The number of nitrogens with zero attached hydrogens (tertiary/aromatic N) is 3. The van der Waals surface area contributed by atoms with E-state index in [9.17, 15) is 24.3 Å². The molecule has 3 aliphatic heterocycles. The molecule has 2 saturated carbocycles. The summed E-state index contributed by atoms with van der Waals surface area (Å²) < 4.78 is 5.53. The number of nitrogens with one attached hydrogen (secondary N) is 4. The topological polar surface area (TPSA) is 156 Å². The standard InChI is InChI=1S/C36H61N7O6/c1-6-41(7-2)23-28-30(24-16-12-11-13-17-24)40-43(39-28)26-20-29-31(44)38-36(33(46)47)21-25(36)18-14-9-8-10-15-19-27(32(45)42(29)22-26)37-34(48)49-35(3,4)5/h14,18,24-30,39-40H,6-13,15-17,19-23H2,1-5H3,(H,37,48)(H,38,44)(H,46,47)/b18-14-/t25-,26+,27-,28?,29+,30?,36+/m1/s1. The van der Waals surface area contributed by atoms with Gasteiger partial charge in [0, 0.05) is 25.0 Å². The Kier molecular flexibility index (Phi) is 12.3. The number of rotatable bonds is 8. The van der Waals surface area contributed by atoms with E-state index in [1.54, 1.807) is 25.7 Å². The number of ether oxygens (including phenoxy) is 1. The molecule has 0 radical (unpaired) electrons. The Morgan fingerprint density at radius 2 is 1.73 bits per heavy atom. The van der Waals surface area contributed by atoms with Gasteiger partial charge >= 0.3 is 12.1 Å². The number of fused-ring (bicyclic) bond motifs is 2. The van der Waals surface area contributed by atoms with Crippen LogP contribution in [0.2, 0.25) is 0 Å². The van der Waals surface area contributed by atoms with Crippen LogP contribution < -0.4 is 21.5 Å². The van der Waals surface area contributed by atoms with E-state index in [0.29, 0.717) is 31.6 Å². The van der Waals surface area contributed by atoms with E-state index in [0.717, 1.165) is 38.9 Å². The molecule has 276 valence electrons. The molecule has 3 heterocycles. The Labute approximate surface area is 292 Å². The molecule has 0 spiro atoms. The molecule has 2 saturated heterocycles. The third-order valence-corrected chi connectivity index (χ3v) is 11.2. The summed E-state index contributed by atoms with van der Waals surface area (Å²) in [7, 11) is 0.